The third-order valence-corrected chi connectivity index (χ3v) is 3.64. The molecule has 3 rings (SSSR count). The molecule has 3 atom stereocenters. The molecule has 1 unspecified atom stereocenters. The van der Waals surface area contributed by atoms with Crippen molar-refractivity contribution < 1.29 is 19.7 Å². The van der Waals surface area contributed by atoms with E-state index in [-0.39, 0.29) is 30.0 Å². The molecular weight excluding hydrogens is 308 g/mol. The predicted octanol–water partition coefficient (Wildman–Crippen LogP) is -1.49. The lowest BCUT2D eigenvalue weighted by atomic mass is 10.2. The molecular formula is C12H16N6O5. The number of imidazole rings is 1. The Morgan fingerprint density at radius 1 is 1.57 bits per heavy atom. The van der Waals surface area contributed by atoms with Crippen LogP contribution in [0, 0.1) is 0 Å². The molecule has 2 aromatic rings. The topological polar surface area (TPSA) is 154 Å². The molecule has 5 N–H and O–H groups in total. The number of rotatable bonds is 3. The first-order valence-corrected chi connectivity index (χ1v) is 6.93. The average molecular weight is 324 g/mol. The maximum absolute atomic E-state index is 12.2. The fraction of sp³-hybridized carbons (Fsp3) is 0.500. The van der Waals surface area contributed by atoms with Gasteiger partial charge >= 0.3 is 11.7 Å². The molecule has 2 amide bonds. The Hall–Kier alpha value is -2.50. The molecule has 0 bridgehead atoms. The van der Waals surface area contributed by atoms with E-state index >= 15 is 0 Å². The highest BCUT2D eigenvalue weighted by atomic mass is 16.5. The number of hydrogen-bond acceptors (Lipinski definition) is 7. The summed E-state index contributed by atoms with van der Waals surface area (Å²) >= 11 is 0. The number of aromatic amines is 1. The smallest absolute Gasteiger partial charge is 0.329 e. The van der Waals surface area contributed by atoms with Crippen LogP contribution in [0.15, 0.2) is 11.1 Å². The number of aliphatic hydroxyl groups excluding tert-OH is 2. The molecule has 124 valence electrons. The normalized spacial score (nSPS) is 24.0. The van der Waals surface area contributed by atoms with E-state index in [1.807, 2.05) is 0 Å². The molecule has 0 saturated carbocycles. The van der Waals surface area contributed by atoms with E-state index in [0.29, 0.717) is 0 Å². The molecule has 0 radical (unpaired) electrons. The number of carbonyl (C=O) groups excluding carboxylic acids is 1. The molecule has 3 heterocycles. The van der Waals surface area contributed by atoms with E-state index in [1.165, 1.54) is 17.9 Å². The number of aromatic nitrogens is 4. The van der Waals surface area contributed by atoms with Crippen LogP contribution in [0.25, 0.3) is 11.2 Å². The number of carbonyl (C=O) groups is 1. The van der Waals surface area contributed by atoms with Crippen molar-refractivity contribution in [2.24, 2.45) is 0 Å². The van der Waals surface area contributed by atoms with E-state index in [9.17, 15) is 14.7 Å². The largest absolute Gasteiger partial charge is 0.394 e. The zero-order chi connectivity index (χ0) is 16.6. The zero-order valence-electron chi connectivity index (χ0n) is 12.2. The van der Waals surface area contributed by atoms with Crippen molar-refractivity contribution >= 4 is 23.0 Å². The first-order valence-electron chi connectivity index (χ1n) is 6.93. The summed E-state index contributed by atoms with van der Waals surface area (Å²) in [6.45, 7) is -0.354. The Morgan fingerprint density at radius 2 is 2.35 bits per heavy atom. The summed E-state index contributed by atoms with van der Waals surface area (Å²) in [6.07, 6.45) is -1.08. The maximum Gasteiger partial charge on any atom is 0.329 e. The van der Waals surface area contributed by atoms with Gasteiger partial charge in [0.05, 0.1) is 12.7 Å². The number of nitrogens with zero attached hydrogens (tertiary/aromatic N) is 3. The monoisotopic (exact) mass is 324 g/mol. The second kappa shape index (κ2) is 5.95. The van der Waals surface area contributed by atoms with Gasteiger partial charge in [-0.05, 0) is 0 Å². The van der Waals surface area contributed by atoms with Crippen molar-refractivity contribution in [2.45, 2.75) is 24.9 Å². The molecule has 0 aliphatic carbocycles. The van der Waals surface area contributed by atoms with Crippen LogP contribution in [-0.2, 0) is 4.74 Å². The summed E-state index contributed by atoms with van der Waals surface area (Å²) in [6, 6.07) is -0.494. The Morgan fingerprint density at radius 3 is 3.00 bits per heavy atom. The van der Waals surface area contributed by atoms with Crippen molar-refractivity contribution in [1.82, 2.24) is 24.8 Å². The molecule has 0 aromatic carbocycles. The summed E-state index contributed by atoms with van der Waals surface area (Å²) in [4.78, 5) is 34.2. The van der Waals surface area contributed by atoms with Crippen LogP contribution in [0.3, 0.4) is 0 Å². The summed E-state index contributed by atoms with van der Waals surface area (Å²) in [7, 11) is 1.45. The van der Waals surface area contributed by atoms with Gasteiger partial charge < -0.3 is 25.3 Å². The van der Waals surface area contributed by atoms with Gasteiger partial charge in [0.25, 0.3) is 0 Å². The first kappa shape index (κ1) is 15.4. The fourth-order valence-corrected chi connectivity index (χ4v) is 2.51. The molecule has 1 saturated heterocycles. The lowest BCUT2D eigenvalue weighted by Gasteiger charge is -2.13. The van der Waals surface area contributed by atoms with Gasteiger partial charge in [0.1, 0.15) is 24.2 Å². The standard InChI is InChI=1S/C12H16N6O5/c1-13-11(21)17-9-8-10(15-4-14-9)18(12(22)16-8)7-2-5(20)6(3-19)23-7/h4-7,19-20H,2-3H2,1H3,(H,16,22)(H2,13,14,15,17,21)/t5-,6?,7-/m1/s1. The van der Waals surface area contributed by atoms with Crippen LogP contribution in [0.2, 0.25) is 0 Å². The van der Waals surface area contributed by atoms with Crippen molar-refractivity contribution in [3.63, 3.8) is 0 Å². The minimum atomic E-state index is -0.882. The number of aliphatic hydroxyl groups is 2. The van der Waals surface area contributed by atoms with Gasteiger partial charge in [-0.15, -0.1) is 0 Å². The van der Waals surface area contributed by atoms with Gasteiger partial charge in [-0.2, -0.15) is 0 Å². The molecule has 1 fully saturated rings. The second-order valence-electron chi connectivity index (χ2n) is 5.04. The number of fused-ring (bicyclic) bond motifs is 1. The highest BCUT2D eigenvalue weighted by Crippen LogP contribution is 2.30. The Balaban J connectivity index is 2.03. The van der Waals surface area contributed by atoms with E-state index in [0.717, 1.165) is 0 Å². The second-order valence-corrected chi connectivity index (χ2v) is 5.04. The molecule has 1 aliphatic heterocycles. The van der Waals surface area contributed by atoms with E-state index in [2.05, 4.69) is 25.6 Å². The summed E-state index contributed by atoms with van der Waals surface area (Å²) in [5, 5.41) is 23.8. The van der Waals surface area contributed by atoms with E-state index in [4.69, 9.17) is 9.84 Å². The van der Waals surface area contributed by atoms with Crippen LogP contribution >= 0.6 is 0 Å². The third kappa shape index (κ3) is 2.65. The predicted molar refractivity (Wildman–Crippen MR) is 77.8 cm³/mol. The number of nitrogens with one attached hydrogen (secondary N) is 3. The quantitative estimate of drug-likeness (QED) is 0.461. The fourth-order valence-electron chi connectivity index (χ4n) is 2.51. The highest BCUT2D eigenvalue weighted by molar-refractivity contribution is 5.95. The van der Waals surface area contributed by atoms with Crippen LogP contribution in [0.5, 0.6) is 0 Å². The zero-order valence-corrected chi connectivity index (χ0v) is 12.2. The summed E-state index contributed by atoms with van der Waals surface area (Å²) < 4.78 is 6.71. The van der Waals surface area contributed by atoms with E-state index in [1.54, 1.807) is 0 Å². The molecule has 2 aromatic heterocycles. The lowest BCUT2D eigenvalue weighted by Crippen LogP contribution is -2.25. The molecule has 1 aliphatic rings. The number of urea groups is 1. The van der Waals surface area contributed by atoms with Crippen molar-refractivity contribution in [3.8, 4) is 0 Å². The molecule has 11 heteroatoms. The van der Waals surface area contributed by atoms with Crippen LogP contribution in [0.4, 0.5) is 10.6 Å². The molecule has 23 heavy (non-hydrogen) atoms. The van der Waals surface area contributed by atoms with Gasteiger partial charge in [0, 0.05) is 13.5 Å². The average Bonchev–Trinajstić information content (AvgIpc) is 3.06. The van der Waals surface area contributed by atoms with Gasteiger partial charge in [-0.25, -0.2) is 24.1 Å². The maximum atomic E-state index is 12.2. The third-order valence-electron chi connectivity index (χ3n) is 3.64. The van der Waals surface area contributed by atoms with Crippen molar-refractivity contribution in [3.05, 3.63) is 16.8 Å². The number of H-pyrrole nitrogens is 1. The number of anilines is 1. The summed E-state index contributed by atoms with van der Waals surface area (Å²) in [5.74, 6) is 0.141. The van der Waals surface area contributed by atoms with Crippen molar-refractivity contribution in [1.29, 1.82) is 0 Å². The highest BCUT2D eigenvalue weighted by Gasteiger charge is 2.36. The van der Waals surface area contributed by atoms with Gasteiger partial charge in [-0.3, -0.25) is 5.32 Å². The first-order chi connectivity index (χ1) is 11.0. The van der Waals surface area contributed by atoms with Gasteiger partial charge in [-0.1, -0.05) is 0 Å². The van der Waals surface area contributed by atoms with Gasteiger partial charge in [0.15, 0.2) is 11.5 Å². The van der Waals surface area contributed by atoms with Crippen molar-refractivity contribution in [2.75, 3.05) is 19.0 Å². The minimum Gasteiger partial charge on any atom is -0.394 e. The molecule has 11 nitrogen and oxygen atoms in total. The lowest BCUT2D eigenvalue weighted by molar-refractivity contribution is -0.0441. The number of amides is 2. The SMILES string of the molecule is CNC(=O)Nc1ncnc2c1[nH]c(=O)n2[C@H]1C[C@@H](O)C(CO)O1. The molecule has 0 spiro atoms. The Bertz CT molecular complexity index is 786. The number of hydrogen-bond donors (Lipinski definition) is 5. The summed E-state index contributed by atoms with van der Waals surface area (Å²) in [5.41, 5.74) is -0.0462. The van der Waals surface area contributed by atoms with Gasteiger partial charge in [0.2, 0.25) is 0 Å². The minimum absolute atomic E-state index is 0.139. The van der Waals surface area contributed by atoms with Crippen LogP contribution in [-0.4, -0.2) is 61.6 Å². The van der Waals surface area contributed by atoms with Crippen LogP contribution in [0.1, 0.15) is 12.6 Å². The Kier molecular flexibility index (Phi) is 3.98. The Labute approximate surface area is 129 Å². The number of ether oxygens (including phenoxy) is 1. The van der Waals surface area contributed by atoms with Crippen LogP contribution < -0.4 is 16.3 Å². The van der Waals surface area contributed by atoms with E-state index < -0.39 is 30.2 Å².